The monoisotopic (exact) mass is 290 g/mol. The molecular formula is C15H18N2O4. The van der Waals surface area contributed by atoms with E-state index in [1.807, 2.05) is 18.2 Å². The molecule has 2 aliphatic rings. The van der Waals surface area contributed by atoms with Crippen LogP contribution in [0.1, 0.15) is 18.4 Å². The maximum atomic E-state index is 12.2. The van der Waals surface area contributed by atoms with E-state index < -0.39 is 0 Å². The number of carbonyl (C=O) groups excluding carboxylic acids is 2. The minimum absolute atomic E-state index is 0.0212. The highest BCUT2D eigenvalue weighted by molar-refractivity contribution is 5.90. The molecule has 0 spiro atoms. The van der Waals surface area contributed by atoms with Crippen molar-refractivity contribution >= 4 is 11.8 Å². The molecule has 0 radical (unpaired) electrons. The zero-order valence-electron chi connectivity index (χ0n) is 12.2. The van der Waals surface area contributed by atoms with E-state index in [1.165, 1.54) is 4.90 Å². The highest BCUT2D eigenvalue weighted by Gasteiger charge is 2.36. The number of hydrogen-bond acceptors (Lipinski definition) is 4. The van der Waals surface area contributed by atoms with Gasteiger partial charge in [0.05, 0.1) is 0 Å². The molecule has 1 aromatic rings. The zero-order valence-corrected chi connectivity index (χ0v) is 12.2. The molecule has 0 saturated carbocycles. The standard InChI is InChI=1S/C15H18N2O4/c1-16(2)15(19)11-4-6-14(18)17(11)8-10-3-5-12-13(7-10)21-9-20-12/h3,5,7,11H,4,6,8-9H2,1-2H3. The van der Waals surface area contributed by atoms with Crippen molar-refractivity contribution in [1.29, 1.82) is 0 Å². The van der Waals surface area contributed by atoms with E-state index in [1.54, 1.807) is 19.0 Å². The Morgan fingerprint density at radius 1 is 1.33 bits per heavy atom. The number of nitrogens with zero attached hydrogens (tertiary/aromatic N) is 2. The van der Waals surface area contributed by atoms with Gasteiger partial charge in [-0.1, -0.05) is 6.07 Å². The van der Waals surface area contributed by atoms with Crippen LogP contribution < -0.4 is 9.47 Å². The molecule has 0 aliphatic carbocycles. The second kappa shape index (κ2) is 5.27. The van der Waals surface area contributed by atoms with Gasteiger partial charge in [-0.2, -0.15) is 0 Å². The van der Waals surface area contributed by atoms with Gasteiger partial charge in [0.15, 0.2) is 11.5 Å². The topological polar surface area (TPSA) is 59.1 Å². The number of likely N-dealkylation sites (tertiary alicyclic amines) is 1. The van der Waals surface area contributed by atoms with Gasteiger partial charge in [-0.25, -0.2) is 0 Å². The molecule has 1 aromatic carbocycles. The van der Waals surface area contributed by atoms with Crippen LogP contribution in [0, 0.1) is 0 Å². The molecule has 1 atom stereocenters. The Balaban J connectivity index is 1.78. The van der Waals surface area contributed by atoms with Gasteiger partial charge in [-0.3, -0.25) is 9.59 Å². The summed E-state index contributed by atoms with van der Waals surface area (Å²) in [6.07, 6.45) is 1.01. The number of amides is 2. The quantitative estimate of drug-likeness (QED) is 0.833. The van der Waals surface area contributed by atoms with Crippen molar-refractivity contribution in [3.63, 3.8) is 0 Å². The van der Waals surface area contributed by atoms with Crippen LogP contribution in [0.15, 0.2) is 18.2 Å². The van der Waals surface area contributed by atoms with Gasteiger partial charge in [-0.05, 0) is 24.1 Å². The molecule has 6 nitrogen and oxygen atoms in total. The molecule has 6 heteroatoms. The number of carbonyl (C=O) groups is 2. The number of benzene rings is 1. The number of likely N-dealkylation sites (N-methyl/N-ethyl adjacent to an activating group) is 1. The Morgan fingerprint density at radius 3 is 2.86 bits per heavy atom. The predicted molar refractivity (Wildman–Crippen MR) is 74.8 cm³/mol. The van der Waals surface area contributed by atoms with Crippen molar-refractivity contribution < 1.29 is 19.1 Å². The van der Waals surface area contributed by atoms with Crippen LogP contribution in [0.3, 0.4) is 0 Å². The van der Waals surface area contributed by atoms with Gasteiger partial charge < -0.3 is 19.3 Å². The molecule has 1 saturated heterocycles. The van der Waals surface area contributed by atoms with E-state index in [0.29, 0.717) is 30.9 Å². The molecule has 3 rings (SSSR count). The second-order valence-corrected chi connectivity index (χ2v) is 5.50. The van der Waals surface area contributed by atoms with Crippen LogP contribution in [0.4, 0.5) is 0 Å². The van der Waals surface area contributed by atoms with E-state index in [4.69, 9.17) is 9.47 Å². The molecule has 112 valence electrons. The van der Waals surface area contributed by atoms with Crippen LogP contribution in [0.5, 0.6) is 11.5 Å². The van der Waals surface area contributed by atoms with Gasteiger partial charge >= 0.3 is 0 Å². The normalized spacial score (nSPS) is 20.0. The third kappa shape index (κ3) is 2.53. The van der Waals surface area contributed by atoms with Gasteiger partial charge in [0, 0.05) is 27.1 Å². The molecule has 2 amide bonds. The number of hydrogen-bond donors (Lipinski definition) is 0. The highest BCUT2D eigenvalue weighted by Crippen LogP contribution is 2.33. The zero-order chi connectivity index (χ0) is 15.0. The molecule has 0 aromatic heterocycles. The molecule has 0 bridgehead atoms. The molecular weight excluding hydrogens is 272 g/mol. The summed E-state index contributed by atoms with van der Waals surface area (Å²) in [7, 11) is 3.42. The summed E-state index contributed by atoms with van der Waals surface area (Å²) in [6.45, 7) is 0.642. The minimum Gasteiger partial charge on any atom is -0.454 e. The van der Waals surface area contributed by atoms with Crippen molar-refractivity contribution in [3.05, 3.63) is 23.8 Å². The average molecular weight is 290 g/mol. The molecule has 2 heterocycles. The summed E-state index contributed by atoms with van der Waals surface area (Å²) in [4.78, 5) is 27.4. The second-order valence-electron chi connectivity index (χ2n) is 5.50. The Kier molecular flexibility index (Phi) is 3.45. The Bertz CT molecular complexity index is 585. The lowest BCUT2D eigenvalue weighted by atomic mass is 10.1. The molecule has 21 heavy (non-hydrogen) atoms. The number of ether oxygens (including phenoxy) is 2. The first-order chi connectivity index (χ1) is 10.1. The highest BCUT2D eigenvalue weighted by atomic mass is 16.7. The summed E-state index contributed by atoms with van der Waals surface area (Å²) in [6, 6.07) is 5.24. The minimum atomic E-state index is -0.363. The van der Waals surface area contributed by atoms with Crippen LogP contribution in [-0.4, -0.2) is 48.5 Å². The summed E-state index contributed by atoms with van der Waals surface area (Å²) in [5.74, 6) is 1.40. The summed E-state index contributed by atoms with van der Waals surface area (Å²) in [5.41, 5.74) is 0.936. The number of rotatable bonds is 3. The van der Waals surface area contributed by atoms with Crippen LogP contribution in [0.25, 0.3) is 0 Å². The Hall–Kier alpha value is -2.24. The molecule has 1 fully saturated rings. The lowest BCUT2D eigenvalue weighted by Crippen LogP contribution is -2.43. The van der Waals surface area contributed by atoms with E-state index in [0.717, 1.165) is 5.56 Å². The van der Waals surface area contributed by atoms with Crippen LogP contribution in [0.2, 0.25) is 0 Å². The predicted octanol–water partition coefficient (Wildman–Crippen LogP) is 0.994. The van der Waals surface area contributed by atoms with Gasteiger partial charge in [0.2, 0.25) is 18.6 Å². The lowest BCUT2D eigenvalue weighted by molar-refractivity contribution is -0.140. The fourth-order valence-corrected chi connectivity index (χ4v) is 2.72. The first kappa shape index (κ1) is 13.7. The summed E-state index contributed by atoms with van der Waals surface area (Å²) < 4.78 is 10.6. The third-order valence-electron chi connectivity index (χ3n) is 3.84. The fourth-order valence-electron chi connectivity index (χ4n) is 2.72. The Morgan fingerprint density at radius 2 is 2.10 bits per heavy atom. The average Bonchev–Trinajstić information content (AvgIpc) is 3.05. The third-order valence-corrected chi connectivity index (χ3v) is 3.84. The Labute approximate surface area is 123 Å². The fraction of sp³-hybridized carbons (Fsp3) is 0.467. The first-order valence-electron chi connectivity index (χ1n) is 6.95. The molecule has 2 aliphatic heterocycles. The maximum absolute atomic E-state index is 12.2. The summed E-state index contributed by atoms with van der Waals surface area (Å²) in [5, 5.41) is 0. The molecule has 1 unspecified atom stereocenters. The van der Waals surface area contributed by atoms with Crippen molar-refractivity contribution in [1.82, 2.24) is 9.80 Å². The van der Waals surface area contributed by atoms with E-state index in [2.05, 4.69) is 0 Å². The van der Waals surface area contributed by atoms with Crippen LogP contribution in [-0.2, 0) is 16.1 Å². The van der Waals surface area contributed by atoms with Crippen LogP contribution >= 0.6 is 0 Å². The van der Waals surface area contributed by atoms with Gasteiger partial charge in [0.1, 0.15) is 6.04 Å². The van der Waals surface area contributed by atoms with E-state index in [9.17, 15) is 9.59 Å². The SMILES string of the molecule is CN(C)C(=O)C1CCC(=O)N1Cc1ccc2c(c1)OCO2. The van der Waals surface area contributed by atoms with Gasteiger partial charge in [-0.15, -0.1) is 0 Å². The molecule has 0 N–H and O–H groups in total. The number of fused-ring (bicyclic) bond motifs is 1. The first-order valence-corrected chi connectivity index (χ1v) is 6.95. The largest absolute Gasteiger partial charge is 0.454 e. The van der Waals surface area contributed by atoms with Crippen molar-refractivity contribution in [3.8, 4) is 11.5 Å². The van der Waals surface area contributed by atoms with E-state index >= 15 is 0 Å². The lowest BCUT2D eigenvalue weighted by Gasteiger charge is -2.26. The van der Waals surface area contributed by atoms with Gasteiger partial charge in [0.25, 0.3) is 0 Å². The van der Waals surface area contributed by atoms with Crippen molar-refractivity contribution in [2.75, 3.05) is 20.9 Å². The van der Waals surface area contributed by atoms with Crippen molar-refractivity contribution in [2.24, 2.45) is 0 Å². The maximum Gasteiger partial charge on any atom is 0.244 e. The van der Waals surface area contributed by atoms with Crippen molar-refractivity contribution in [2.45, 2.75) is 25.4 Å². The van der Waals surface area contributed by atoms with E-state index in [-0.39, 0.29) is 24.6 Å². The smallest absolute Gasteiger partial charge is 0.244 e. The summed E-state index contributed by atoms with van der Waals surface area (Å²) >= 11 is 0.